The second-order valence-electron chi connectivity index (χ2n) is 8.50. The summed E-state index contributed by atoms with van der Waals surface area (Å²) in [7, 11) is 0. The molecule has 1 aromatic carbocycles. The zero-order valence-electron chi connectivity index (χ0n) is 15.8. The summed E-state index contributed by atoms with van der Waals surface area (Å²) in [6, 6.07) is 11.5. The van der Waals surface area contributed by atoms with Crippen molar-refractivity contribution in [1.82, 2.24) is 19.8 Å². The van der Waals surface area contributed by atoms with Crippen molar-refractivity contribution in [2.45, 2.75) is 50.7 Å². The van der Waals surface area contributed by atoms with Gasteiger partial charge in [-0.1, -0.05) is 30.3 Å². The first kappa shape index (κ1) is 17.0. The standard InChI is InChI=1S/C22H28N4O/c27-22-8-4-7-19-17-12-18(14-25(13-17)15-21-23-9-10-24-21)20(26(19)22)11-16-5-2-1-3-6-16/h1-3,5-6,9-10,17-20H,4,7-8,11-15H2,(H,23,24)/t17-,18+,19+,20+/m1/s1. The molecule has 3 saturated heterocycles. The molecule has 1 N–H and O–H groups in total. The Labute approximate surface area is 160 Å². The van der Waals surface area contributed by atoms with Crippen LogP contribution < -0.4 is 0 Å². The summed E-state index contributed by atoms with van der Waals surface area (Å²) in [6.07, 6.45) is 8.94. The van der Waals surface area contributed by atoms with E-state index >= 15 is 0 Å². The summed E-state index contributed by atoms with van der Waals surface area (Å²) in [5.41, 5.74) is 1.35. The Morgan fingerprint density at radius 2 is 2.00 bits per heavy atom. The number of amides is 1. The van der Waals surface area contributed by atoms with Crippen LogP contribution >= 0.6 is 0 Å². The fraction of sp³-hybridized carbons (Fsp3) is 0.545. The highest BCUT2D eigenvalue weighted by Gasteiger charge is 2.49. The second-order valence-corrected chi connectivity index (χ2v) is 8.50. The molecule has 1 aromatic heterocycles. The third-order valence-corrected chi connectivity index (χ3v) is 6.79. The van der Waals surface area contributed by atoms with Crippen molar-refractivity contribution in [3.63, 3.8) is 0 Å². The largest absolute Gasteiger partial charge is 0.348 e. The minimum atomic E-state index is 0.334. The third-order valence-electron chi connectivity index (χ3n) is 6.79. The Morgan fingerprint density at radius 3 is 2.81 bits per heavy atom. The molecule has 3 aliphatic heterocycles. The maximum Gasteiger partial charge on any atom is 0.223 e. The smallest absolute Gasteiger partial charge is 0.223 e. The van der Waals surface area contributed by atoms with Crippen molar-refractivity contribution in [2.24, 2.45) is 11.8 Å². The quantitative estimate of drug-likeness (QED) is 0.908. The lowest BCUT2D eigenvalue weighted by atomic mass is 9.71. The normalized spacial score (nSPS) is 31.0. The van der Waals surface area contributed by atoms with Crippen LogP contribution in [0.1, 0.15) is 37.1 Å². The summed E-state index contributed by atoms with van der Waals surface area (Å²) in [5.74, 6) is 2.60. The number of rotatable bonds is 4. The van der Waals surface area contributed by atoms with Gasteiger partial charge in [0.25, 0.3) is 0 Å². The summed E-state index contributed by atoms with van der Waals surface area (Å²) in [5, 5.41) is 0. The number of imidazole rings is 1. The number of benzene rings is 1. The van der Waals surface area contributed by atoms with Crippen LogP contribution in [0.25, 0.3) is 0 Å². The van der Waals surface area contributed by atoms with Gasteiger partial charge in [0, 0.05) is 44.0 Å². The molecule has 1 amide bonds. The summed E-state index contributed by atoms with van der Waals surface area (Å²) >= 11 is 0. The molecular weight excluding hydrogens is 336 g/mol. The maximum atomic E-state index is 12.9. The van der Waals surface area contributed by atoms with Crippen molar-refractivity contribution in [2.75, 3.05) is 13.1 Å². The van der Waals surface area contributed by atoms with Gasteiger partial charge in [0.15, 0.2) is 0 Å². The third kappa shape index (κ3) is 3.29. The van der Waals surface area contributed by atoms with Gasteiger partial charge in [0.1, 0.15) is 5.82 Å². The van der Waals surface area contributed by atoms with E-state index in [1.54, 1.807) is 0 Å². The number of fused-ring (bicyclic) bond motifs is 4. The van der Waals surface area contributed by atoms with Gasteiger partial charge in [-0.15, -0.1) is 0 Å². The Balaban J connectivity index is 1.41. The predicted octanol–water partition coefficient (Wildman–Crippen LogP) is 2.85. The van der Waals surface area contributed by atoms with Gasteiger partial charge in [-0.05, 0) is 43.1 Å². The zero-order chi connectivity index (χ0) is 18.2. The number of aromatic nitrogens is 2. The Kier molecular flexibility index (Phi) is 4.48. The molecule has 5 rings (SSSR count). The van der Waals surface area contributed by atoms with Crippen LogP contribution in [0.2, 0.25) is 0 Å². The van der Waals surface area contributed by atoms with E-state index in [1.807, 2.05) is 12.4 Å². The molecule has 3 aliphatic rings. The number of hydrogen-bond donors (Lipinski definition) is 1. The number of hydrogen-bond acceptors (Lipinski definition) is 3. The fourth-order valence-corrected chi connectivity index (χ4v) is 5.72. The number of nitrogens with zero attached hydrogens (tertiary/aromatic N) is 3. The summed E-state index contributed by atoms with van der Waals surface area (Å²) in [4.78, 5) is 25.4. The highest BCUT2D eigenvalue weighted by molar-refractivity contribution is 5.78. The molecule has 5 heteroatoms. The van der Waals surface area contributed by atoms with Gasteiger partial charge in [-0.25, -0.2) is 4.98 Å². The van der Waals surface area contributed by atoms with Crippen molar-refractivity contribution in [1.29, 1.82) is 0 Å². The first-order chi connectivity index (χ1) is 13.3. The fourth-order valence-electron chi connectivity index (χ4n) is 5.72. The molecule has 0 spiro atoms. The average Bonchev–Trinajstić information content (AvgIpc) is 3.19. The lowest BCUT2D eigenvalue weighted by molar-refractivity contribution is -0.152. The lowest BCUT2D eigenvalue weighted by Gasteiger charge is -2.56. The first-order valence-electron chi connectivity index (χ1n) is 10.3. The van der Waals surface area contributed by atoms with E-state index in [9.17, 15) is 4.79 Å². The maximum absolute atomic E-state index is 12.9. The van der Waals surface area contributed by atoms with E-state index in [1.165, 1.54) is 18.4 Å². The minimum Gasteiger partial charge on any atom is -0.348 e. The van der Waals surface area contributed by atoms with E-state index in [0.717, 1.165) is 44.7 Å². The number of nitrogens with one attached hydrogen (secondary N) is 1. The van der Waals surface area contributed by atoms with Gasteiger partial charge in [-0.2, -0.15) is 0 Å². The number of aromatic amines is 1. The number of carbonyl (C=O) groups excluding carboxylic acids is 1. The second kappa shape index (κ2) is 7.12. The Morgan fingerprint density at radius 1 is 1.15 bits per heavy atom. The first-order valence-corrected chi connectivity index (χ1v) is 10.3. The van der Waals surface area contributed by atoms with E-state index in [0.29, 0.717) is 29.8 Å². The molecule has 0 radical (unpaired) electrons. The van der Waals surface area contributed by atoms with Gasteiger partial charge in [0.05, 0.1) is 6.54 Å². The summed E-state index contributed by atoms with van der Waals surface area (Å²) < 4.78 is 0. The van der Waals surface area contributed by atoms with Crippen molar-refractivity contribution in [3.05, 3.63) is 54.1 Å². The van der Waals surface area contributed by atoms with Crippen molar-refractivity contribution in [3.8, 4) is 0 Å². The highest BCUT2D eigenvalue weighted by atomic mass is 16.2. The Bertz CT molecular complexity index is 775. The van der Waals surface area contributed by atoms with Crippen LogP contribution in [0.4, 0.5) is 0 Å². The molecule has 142 valence electrons. The lowest BCUT2D eigenvalue weighted by Crippen LogP contribution is -2.65. The number of carbonyl (C=O) groups is 1. The molecule has 0 aliphatic carbocycles. The van der Waals surface area contributed by atoms with Crippen molar-refractivity contribution < 1.29 is 4.79 Å². The molecule has 5 nitrogen and oxygen atoms in total. The molecule has 4 atom stereocenters. The topological polar surface area (TPSA) is 52.2 Å². The monoisotopic (exact) mass is 364 g/mol. The van der Waals surface area contributed by atoms with E-state index in [4.69, 9.17) is 0 Å². The molecule has 0 saturated carbocycles. The predicted molar refractivity (Wildman–Crippen MR) is 104 cm³/mol. The van der Waals surface area contributed by atoms with E-state index in [2.05, 4.69) is 50.1 Å². The van der Waals surface area contributed by atoms with Crippen LogP contribution in [0.15, 0.2) is 42.7 Å². The molecular formula is C22H28N4O. The SMILES string of the molecule is O=C1CCC[C@H]2[C@@H]3C[C@@H](CN(Cc4ncc[nH]4)C3)[C@H](Cc3ccccc3)N12. The molecule has 2 bridgehead atoms. The number of piperidine rings is 3. The van der Waals surface area contributed by atoms with Gasteiger partial charge < -0.3 is 9.88 Å². The van der Waals surface area contributed by atoms with E-state index < -0.39 is 0 Å². The van der Waals surface area contributed by atoms with Crippen LogP contribution in [-0.2, 0) is 17.8 Å². The molecule has 0 unspecified atom stereocenters. The molecule has 27 heavy (non-hydrogen) atoms. The minimum absolute atomic E-state index is 0.334. The number of likely N-dealkylation sites (tertiary alicyclic amines) is 1. The van der Waals surface area contributed by atoms with Crippen molar-refractivity contribution >= 4 is 5.91 Å². The zero-order valence-corrected chi connectivity index (χ0v) is 15.8. The van der Waals surface area contributed by atoms with Gasteiger partial charge >= 0.3 is 0 Å². The summed E-state index contributed by atoms with van der Waals surface area (Å²) in [6.45, 7) is 3.04. The van der Waals surface area contributed by atoms with Crippen LogP contribution in [0.5, 0.6) is 0 Å². The van der Waals surface area contributed by atoms with Gasteiger partial charge in [0.2, 0.25) is 5.91 Å². The van der Waals surface area contributed by atoms with E-state index in [-0.39, 0.29) is 0 Å². The van der Waals surface area contributed by atoms with Gasteiger partial charge in [-0.3, -0.25) is 9.69 Å². The molecule has 3 fully saturated rings. The molecule has 4 heterocycles. The molecule has 2 aromatic rings. The van der Waals surface area contributed by atoms with Crippen LogP contribution in [-0.4, -0.2) is 50.8 Å². The van der Waals surface area contributed by atoms with Crippen LogP contribution in [0, 0.1) is 11.8 Å². The Hall–Kier alpha value is -2.14. The van der Waals surface area contributed by atoms with Crippen LogP contribution in [0.3, 0.4) is 0 Å². The average molecular weight is 364 g/mol. The number of H-pyrrole nitrogens is 1. The highest BCUT2D eigenvalue weighted by Crippen LogP contribution is 2.42.